The monoisotopic (exact) mass is 1280 g/mol. The van der Waals surface area contributed by atoms with Crippen molar-refractivity contribution < 1.29 is 67.1 Å². The van der Waals surface area contributed by atoms with Gasteiger partial charge in [-0.25, -0.2) is 0 Å². The molecule has 6 N–H and O–H groups in total. The molecule has 1 heterocycles. The number of primary amides is 1. The summed E-state index contributed by atoms with van der Waals surface area (Å²) in [6, 6.07) is -3.72. The van der Waals surface area contributed by atoms with Crippen molar-refractivity contribution in [2.24, 2.45) is 5.73 Å². The molecule has 0 aromatic heterocycles. The average Bonchev–Trinajstić information content (AvgIpc) is 3.62. The third-order valence-corrected chi connectivity index (χ3v) is 18.1. The van der Waals surface area contributed by atoms with Gasteiger partial charge in [-0.2, -0.15) is 0 Å². The number of carbonyl (C=O) groups is 8. The first-order valence-corrected chi connectivity index (χ1v) is 36.6. The van der Waals surface area contributed by atoms with Crippen LogP contribution in [0.25, 0.3) is 0 Å². The van der Waals surface area contributed by atoms with Gasteiger partial charge in [0, 0.05) is 26.2 Å². The topological polar surface area (TPSA) is 265 Å². The van der Waals surface area contributed by atoms with Crippen LogP contribution in [0.1, 0.15) is 330 Å². The molecule has 0 bridgehead atoms. The number of thioether (sulfide) groups is 1. The van der Waals surface area contributed by atoms with Crippen LogP contribution >= 0.6 is 11.8 Å². The second-order valence-electron chi connectivity index (χ2n) is 25.3. The van der Waals surface area contributed by atoms with Gasteiger partial charge in [-0.3, -0.25) is 38.4 Å². The molecular weight excluding hydrogens is 1150 g/mol. The van der Waals surface area contributed by atoms with E-state index in [1.54, 1.807) is 0 Å². The Hall–Kier alpha value is -3.81. The normalized spacial score (nSPS) is 17.9. The van der Waals surface area contributed by atoms with Crippen LogP contribution < -0.4 is 21.7 Å². The molecule has 19 heteroatoms. The Labute approximate surface area is 543 Å². The van der Waals surface area contributed by atoms with Gasteiger partial charge in [0.2, 0.25) is 23.6 Å². The van der Waals surface area contributed by atoms with Gasteiger partial charge in [0.25, 0.3) is 0 Å². The van der Waals surface area contributed by atoms with Gasteiger partial charge in [0.15, 0.2) is 5.12 Å². The summed E-state index contributed by atoms with van der Waals surface area (Å²) in [7, 11) is 1.19. The van der Waals surface area contributed by atoms with Crippen molar-refractivity contribution in [3.05, 3.63) is 0 Å². The Balaban J connectivity index is 3.18. The van der Waals surface area contributed by atoms with Crippen molar-refractivity contribution in [1.82, 2.24) is 16.0 Å². The lowest BCUT2D eigenvalue weighted by molar-refractivity contribution is -0.204. The van der Waals surface area contributed by atoms with E-state index in [2.05, 4.69) is 41.5 Å². The fraction of sp³-hybridized carbons (Fsp3) is 0.886. The minimum atomic E-state index is -1.61. The molecule has 1 saturated heterocycles. The molecule has 1 unspecified atom stereocenters. The molecule has 518 valence electrons. The highest BCUT2D eigenvalue weighted by Gasteiger charge is 2.49. The van der Waals surface area contributed by atoms with Crippen LogP contribution in [0.5, 0.6) is 0 Å². The third-order valence-electron chi connectivity index (χ3n) is 17.0. The summed E-state index contributed by atoms with van der Waals surface area (Å²) in [6.45, 7) is 10.3. The lowest BCUT2D eigenvalue weighted by Crippen LogP contribution is -2.65. The number of unbranched alkanes of at least 4 members (excludes halogenated alkanes) is 36. The first-order chi connectivity index (χ1) is 43.0. The van der Waals surface area contributed by atoms with Gasteiger partial charge in [-0.15, -0.1) is 0 Å². The largest absolute Gasteiger partial charge is 0.469 e. The van der Waals surface area contributed by atoms with Crippen LogP contribution in [0.4, 0.5) is 0 Å². The fourth-order valence-electron chi connectivity index (χ4n) is 11.4. The number of hydrogen-bond acceptors (Lipinski definition) is 15. The first kappa shape index (κ1) is 83.2. The van der Waals surface area contributed by atoms with E-state index in [4.69, 9.17) is 24.7 Å². The van der Waals surface area contributed by atoms with Gasteiger partial charge >= 0.3 is 17.9 Å². The smallest absolute Gasteiger partial charge is 0.306 e. The highest BCUT2D eigenvalue weighted by molar-refractivity contribution is 8.14. The van der Waals surface area contributed by atoms with Gasteiger partial charge in [-0.1, -0.05) is 264 Å². The zero-order valence-corrected chi connectivity index (χ0v) is 57.8. The maximum Gasteiger partial charge on any atom is 0.306 e. The maximum absolute atomic E-state index is 14.3. The summed E-state index contributed by atoms with van der Waals surface area (Å²) in [6.07, 6.45) is 39.8. The van der Waals surface area contributed by atoms with E-state index >= 15 is 0 Å². The van der Waals surface area contributed by atoms with E-state index < -0.39 is 101 Å². The van der Waals surface area contributed by atoms with Crippen molar-refractivity contribution in [3.63, 3.8) is 0 Å². The first-order valence-electron chi connectivity index (χ1n) is 35.7. The summed E-state index contributed by atoms with van der Waals surface area (Å²) < 4.78 is 29.1. The van der Waals surface area contributed by atoms with Crippen molar-refractivity contribution >= 4 is 58.4 Å². The molecule has 89 heavy (non-hydrogen) atoms. The number of ether oxygens (including phenoxy) is 5. The minimum absolute atomic E-state index is 0.136. The predicted octanol–water partition coefficient (Wildman–Crippen LogP) is 14.3. The molecule has 9 atom stereocenters. The van der Waals surface area contributed by atoms with Gasteiger partial charge in [0.1, 0.15) is 54.6 Å². The van der Waals surface area contributed by atoms with E-state index in [-0.39, 0.29) is 38.1 Å². The molecule has 0 spiro atoms. The SMILES string of the molecule is CCCCCCCCCCCCCCCCCC(=O)OC[C@H]1O[C@@H](SC(=O)C[C@@H](CCCCCCCCCCC)OC(=O)CCCCCCCCCCCCCCCCC)[C@H](NC(C)=O)[C@H](OC(C)C(=O)N[C@@H](C)C(=O)N[C@H](CCC(=O)OC)C(N)=O)[C@@H]1O. The van der Waals surface area contributed by atoms with E-state index in [1.165, 1.54) is 201 Å². The van der Waals surface area contributed by atoms with E-state index in [9.17, 15) is 43.5 Å². The molecule has 1 aliphatic rings. The molecular formula is C70H128N4O14S. The lowest BCUT2D eigenvalue weighted by Gasteiger charge is -2.44. The number of aliphatic hydroxyl groups excluding tert-OH is 1. The van der Waals surface area contributed by atoms with E-state index in [0.29, 0.717) is 19.3 Å². The summed E-state index contributed by atoms with van der Waals surface area (Å²) in [4.78, 5) is 105. The minimum Gasteiger partial charge on any atom is -0.469 e. The highest BCUT2D eigenvalue weighted by Crippen LogP contribution is 2.34. The Kier molecular flexibility index (Phi) is 52.2. The fourth-order valence-corrected chi connectivity index (χ4v) is 12.5. The van der Waals surface area contributed by atoms with Crippen LogP contribution in [0.15, 0.2) is 0 Å². The molecule has 4 amide bonds. The number of amides is 4. The van der Waals surface area contributed by atoms with Crippen LogP contribution in [0, 0.1) is 0 Å². The Morgan fingerprint density at radius 2 is 0.944 bits per heavy atom. The summed E-state index contributed by atoms with van der Waals surface area (Å²) in [5.74, 6) is -4.50. The van der Waals surface area contributed by atoms with Crippen molar-refractivity contribution in [2.45, 2.75) is 385 Å². The summed E-state index contributed by atoms with van der Waals surface area (Å²) in [5.41, 5.74) is 4.25. The van der Waals surface area contributed by atoms with Gasteiger partial charge < -0.3 is 50.5 Å². The quantitative estimate of drug-likeness (QED) is 0.0215. The number of esters is 3. The second kappa shape index (κ2) is 55.8. The third kappa shape index (κ3) is 44.4. The Bertz CT molecular complexity index is 1880. The zero-order valence-electron chi connectivity index (χ0n) is 57.0. The standard InChI is InChI=1S/C70H128N4O14S/c1-8-11-14-17-20-23-25-27-29-31-33-36-39-42-45-48-61(77)85-53-59-65(80)66(86-55(5)69(83)72-54(4)68(82)74-58(67(71)81)50-51-60(76)84-7)64(73-56(6)75)70(88-59)89-63(79)52-57(47-44-41-38-35-22-19-16-13-10-3)87-62(78)49-46-43-40-37-34-32-30-28-26-24-21-18-15-12-9-2/h54-55,57-59,64-66,70,80H,8-53H2,1-7H3,(H2,71,81)(H,72,83)(H,73,75)(H,74,82)/t54-,55?,57+,58+,59+,64+,65+,66-,70-/m0/s1. The van der Waals surface area contributed by atoms with Crippen LogP contribution in [-0.2, 0) is 62.0 Å². The molecule has 1 aliphatic heterocycles. The van der Waals surface area contributed by atoms with Crippen LogP contribution in [-0.4, -0.2) is 120 Å². The molecule has 0 saturated carbocycles. The van der Waals surface area contributed by atoms with Crippen molar-refractivity contribution in [2.75, 3.05) is 13.7 Å². The number of nitrogens with one attached hydrogen (secondary N) is 3. The number of hydrogen-bond donors (Lipinski definition) is 5. The molecule has 0 aromatic rings. The average molecular weight is 1280 g/mol. The van der Waals surface area contributed by atoms with E-state index in [1.807, 2.05) is 0 Å². The van der Waals surface area contributed by atoms with Crippen LogP contribution in [0.2, 0.25) is 0 Å². The Morgan fingerprint density at radius 3 is 1.36 bits per heavy atom. The molecule has 0 aliphatic carbocycles. The molecule has 18 nitrogen and oxygen atoms in total. The van der Waals surface area contributed by atoms with E-state index in [0.717, 1.165) is 76.0 Å². The van der Waals surface area contributed by atoms with Crippen molar-refractivity contribution in [1.29, 1.82) is 0 Å². The predicted molar refractivity (Wildman–Crippen MR) is 356 cm³/mol. The second-order valence-corrected chi connectivity index (χ2v) is 26.5. The lowest BCUT2D eigenvalue weighted by atomic mass is 9.97. The number of aliphatic hydroxyl groups is 1. The highest BCUT2D eigenvalue weighted by atomic mass is 32.2. The number of rotatable bonds is 59. The maximum atomic E-state index is 14.3. The summed E-state index contributed by atoms with van der Waals surface area (Å²) >= 11 is 0.745. The Morgan fingerprint density at radius 1 is 0.528 bits per heavy atom. The molecule has 1 rings (SSSR count). The summed E-state index contributed by atoms with van der Waals surface area (Å²) in [5, 5.41) is 19.3. The van der Waals surface area contributed by atoms with Gasteiger partial charge in [-0.05, 0) is 46.0 Å². The number of nitrogens with two attached hydrogens (primary N) is 1. The zero-order chi connectivity index (χ0) is 65.7. The van der Waals surface area contributed by atoms with Crippen molar-refractivity contribution in [3.8, 4) is 0 Å². The van der Waals surface area contributed by atoms with Gasteiger partial charge in [0.05, 0.1) is 19.6 Å². The molecule has 0 radical (unpaired) electrons. The molecule has 0 aromatic carbocycles. The number of carbonyl (C=O) groups excluding carboxylic acids is 8. The number of methoxy groups -OCH3 is 1. The molecule has 1 fully saturated rings. The van der Waals surface area contributed by atoms with Crippen LogP contribution in [0.3, 0.4) is 0 Å².